The Morgan fingerprint density at radius 1 is 1.33 bits per heavy atom. The van der Waals surface area contributed by atoms with Gasteiger partial charge < -0.3 is 9.84 Å². The van der Waals surface area contributed by atoms with Crippen molar-refractivity contribution >= 4 is 0 Å². The number of nitrogens with zero attached hydrogens (tertiary/aromatic N) is 1. The largest absolute Gasteiger partial charge is 0.497 e. The van der Waals surface area contributed by atoms with E-state index in [2.05, 4.69) is 24.0 Å². The SMILES string of the molecule is COc1ccc(CCN2CCCC2(C)CO)cc1. The number of rotatable bonds is 5. The quantitative estimate of drug-likeness (QED) is 0.867. The van der Waals surface area contributed by atoms with Crippen LogP contribution in [0, 0.1) is 0 Å². The van der Waals surface area contributed by atoms with Crippen LogP contribution < -0.4 is 4.74 Å². The predicted octanol–water partition coefficient (Wildman–Crippen LogP) is 2.08. The van der Waals surface area contributed by atoms with Crippen LogP contribution in [0.4, 0.5) is 0 Å². The molecule has 0 aromatic heterocycles. The topological polar surface area (TPSA) is 32.7 Å². The number of methoxy groups -OCH3 is 1. The molecule has 0 bridgehead atoms. The molecule has 0 aliphatic carbocycles. The zero-order chi connectivity index (χ0) is 13.0. The summed E-state index contributed by atoms with van der Waals surface area (Å²) in [6, 6.07) is 8.24. The van der Waals surface area contributed by atoms with Gasteiger partial charge in [0.05, 0.1) is 13.7 Å². The summed E-state index contributed by atoms with van der Waals surface area (Å²) in [6.07, 6.45) is 3.32. The van der Waals surface area contributed by atoms with Crippen LogP contribution in [-0.4, -0.2) is 42.4 Å². The zero-order valence-electron chi connectivity index (χ0n) is 11.4. The average Bonchev–Trinajstić information content (AvgIpc) is 2.79. The summed E-state index contributed by atoms with van der Waals surface area (Å²) in [5.41, 5.74) is 1.31. The minimum atomic E-state index is -0.00747. The van der Waals surface area contributed by atoms with Crippen LogP contribution in [0.3, 0.4) is 0 Å². The van der Waals surface area contributed by atoms with Crippen LogP contribution >= 0.6 is 0 Å². The monoisotopic (exact) mass is 249 g/mol. The Bertz CT molecular complexity index is 377. The van der Waals surface area contributed by atoms with Crippen molar-refractivity contribution in [2.45, 2.75) is 31.7 Å². The molecule has 3 nitrogen and oxygen atoms in total. The Hall–Kier alpha value is -1.06. The molecule has 2 rings (SSSR count). The number of likely N-dealkylation sites (tertiary alicyclic amines) is 1. The average molecular weight is 249 g/mol. The van der Waals surface area contributed by atoms with E-state index in [0.29, 0.717) is 0 Å². The predicted molar refractivity (Wildman–Crippen MR) is 73.0 cm³/mol. The van der Waals surface area contributed by atoms with Gasteiger partial charge in [0.15, 0.2) is 0 Å². The lowest BCUT2D eigenvalue weighted by Crippen LogP contribution is -2.45. The van der Waals surface area contributed by atoms with E-state index in [1.807, 2.05) is 12.1 Å². The van der Waals surface area contributed by atoms with Gasteiger partial charge >= 0.3 is 0 Å². The molecule has 0 radical (unpaired) electrons. The smallest absolute Gasteiger partial charge is 0.118 e. The molecule has 1 fully saturated rings. The fourth-order valence-corrected chi connectivity index (χ4v) is 2.70. The summed E-state index contributed by atoms with van der Waals surface area (Å²) in [5, 5.41) is 9.50. The lowest BCUT2D eigenvalue weighted by atomic mass is 10.00. The lowest BCUT2D eigenvalue weighted by Gasteiger charge is -2.33. The van der Waals surface area contributed by atoms with Gasteiger partial charge in [-0.2, -0.15) is 0 Å². The standard InChI is InChI=1S/C15H23NO2/c1-15(12-17)9-3-10-16(15)11-8-13-4-6-14(18-2)7-5-13/h4-7,17H,3,8-12H2,1-2H3. The highest BCUT2D eigenvalue weighted by molar-refractivity contribution is 5.27. The van der Waals surface area contributed by atoms with E-state index in [1.165, 1.54) is 12.0 Å². The molecular weight excluding hydrogens is 226 g/mol. The molecule has 0 spiro atoms. The van der Waals surface area contributed by atoms with Gasteiger partial charge in [-0.25, -0.2) is 0 Å². The third kappa shape index (κ3) is 2.85. The van der Waals surface area contributed by atoms with Crippen molar-refractivity contribution in [3.8, 4) is 5.75 Å². The summed E-state index contributed by atoms with van der Waals surface area (Å²) in [5.74, 6) is 0.903. The van der Waals surface area contributed by atoms with Gasteiger partial charge in [-0.15, -0.1) is 0 Å². The van der Waals surface area contributed by atoms with Crippen LogP contribution in [0.25, 0.3) is 0 Å². The summed E-state index contributed by atoms with van der Waals surface area (Å²) >= 11 is 0. The Morgan fingerprint density at radius 3 is 2.67 bits per heavy atom. The number of benzene rings is 1. The number of hydrogen-bond acceptors (Lipinski definition) is 3. The first-order valence-corrected chi connectivity index (χ1v) is 6.67. The normalized spacial score (nSPS) is 24.4. The maximum Gasteiger partial charge on any atom is 0.118 e. The highest BCUT2D eigenvalue weighted by atomic mass is 16.5. The second-order valence-corrected chi connectivity index (χ2v) is 5.34. The zero-order valence-corrected chi connectivity index (χ0v) is 11.4. The van der Waals surface area contributed by atoms with Gasteiger partial charge in [-0.05, 0) is 50.4 Å². The maximum absolute atomic E-state index is 9.50. The van der Waals surface area contributed by atoms with Crippen LogP contribution in [0.1, 0.15) is 25.3 Å². The van der Waals surface area contributed by atoms with Crippen molar-refractivity contribution in [1.82, 2.24) is 4.90 Å². The second kappa shape index (κ2) is 5.72. The Kier molecular flexibility index (Phi) is 4.25. The van der Waals surface area contributed by atoms with Crippen LogP contribution in [0.2, 0.25) is 0 Å². The molecule has 1 unspecified atom stereocenters. The third-order valence-corrected chi connectivity index (χ3v) is 4.08. The van der Waals surface area contributed by atoms with E-state index in [-0.39, 0.29) is 12.1 Å². The van der Waals surface area contributed by atoms with E-state index in [1.54, 1.807) is 7.11 Å². The Balaban J connectivity index is 1.90. The molecule has 1 aromatic carbocycles. The van der Waals surface area contributed by atoms with Crippen LogP contribution in [0.5, 0.6) is 5.75 Å². The maximum atomic E-state index is 9.50. The number of hydrogen-bond donors (Lipinski definition) is 1. The van der Waals surface area contributed by atoms with Crippen molar-refractivity contribution in [2.75, 3.05) is 26.8 Å². The fourth-order valence-electron chi connectivity index (χ4n) is 2.70. The molecule has 100 valence electrons. The molecule has 1 heterocycles. The molecule has 0 saturated carbocycles. The van der Waals surface area contributed by atoms with Gasteiger partial charge in [-0.1, -0.05) is 12.1 Å². The van der Waals surface area contributed by atoms with Crippen molar-refractivity contribution in [3.63, 3.8) is 0 Å². The van der Waals surface area contributed by atoms with Crippen molar-refractivity contribution in [2.24, 2.45) is 0 Å². The summed E-state index contributed by atoms with van der Waals surface area (Å²) in [6.45, 7) is 4.54. The first-order chi connectivity index (χ1) is 8.68. The highest BCUT2D eigenvalue weighted by Crippen LogP contribution is 2.28. The molecule has 1 aliphatic rings. The molecule has 18 heavy (non-hydrogen) atoms. The lowest BCUT2D eigenvalue weighted by molar-refractivity contribution is 0.0800. The van der Waals surface area contributed by atoms with E-state index in [0.717, 1.165) is 31.7 Å². The van der Waals surface area contributed by atoms with E-state index in [9.17, 15) is 5.11 Å². The van der Waals surface area contributed by atoms with E-state index < -0.39 is 0 Å². The summed E-state index contributed by atoms with van der Waals surface area (Å²) < 4.78 is 5.15. The molecule has 0 amide bonds. The first kappa shape index (κ1) is 13.4. The van der Waals surface area contributed by atoms with Gasteiger partial charge in [0.25, 0.3) is 0 Å². The van der Waals surface area contributed by atoms with E-state index in [4.69, 9.17) is 4.74 Å². The minimum Gasteiger partial charge on any atom is -0.497 e. The third-order valence-electron chi connectivity index (χ3n) is 4.08. The molecular formula is C15H23NO2. The van der Waals surface area contributed by atoms with Gasteiger partial charge in [-0.3, -0.25) is 4.90 Å². The number of aliphatic hydroxyl groups is 1. The Morgan fingerprint density at radius 2 is 2.06 bits per heavy atom. The molecule has 3 heteroatoms. The van der Waals surface area contributed by atoms with Gasteiger partial charge in [0.1, 0.15) is 5.75 Å². The second-order valence-electron chi connectivity index (χ2n) is 5.34. The van der Waals surface area contributed by atoms with Gasteiger partial charge in [0.2, 0.25) is 0 Å². The summed E-state index contributed by atoms with van der Waals surface area (Å²) in [7, 11) is 1.69. The van der Waals surface area contributed by atoms with E-state index >= 15 is 0 Å². The number of aliphatic hydroxyl groups excluding tert-OH is 1. The van der Waals surface area contributed by atoms with Crippen molar-refractivity contribution in [1.29, 1.82) is 0 Å². The van der Waals surface area contributed by atoms with Crippen LogP contribution in [-0.2, 0) is 6.42 Å². The Labute approximate surface area is 109 Å². The molecule has 1 aromatic rings. The molecule has 1 N–H and O–H groups in total. The highest BCUT2D eigenvalue weighted by Gasteiger charge is 2.35. The molecule has 1 aliphatic heterocycles. The minimum absolute atomic E-state index is 0.00747. The van der Waals surface area contributed by atoms with Crippen molar-refractivity contribution in [3.05, 3.63) is 29.8 Å². The van der Waals surface area contributed by atoms with Crippen molar-refractivity contribution < 1.29 is 9.84 Å². The molecule has 1 atom stereocenters. The van der Waals surface area contributed by atoms with Crippen LogP contribution in [0.15, 0.2) is 24.3 Å². The number of ether oxygens (including phenoxy) is 1. The first-order valence-electron chi connectivity index (χ1n) is 6.67. The fraction of sp³-hybridized carbons (Fsp3) is 0.600. The summed E-state index contributed by atoms with van der Waals surface area (Å²) in [4.78, 5) is 2.41. The molecule has 1 saturated heterocycles. The van der Waals surface area contributed by atoms with Gasteiger partial charge in [0, 0.05) is 12.1 Å².